The molecule has 1 aliphatic heterocycles. The van der Waals surface area contributed by atoms with Gasteiger partial charge in [0.25, 0.3) is 0 Å². The van der Waals surface area contributed by atoms with Crippen LogP contribution in [0.5, 0.6) is 0 Å². The monoisotopic (exact) mass is 636 g/mol. The largest absolute Gasteiger partial charge is 0.459 e. The van der Waals surface area contributed by atoms with E-state index in [9.17, 15) is 19.2 Å². The summed E-state index contributed by atoms with van der Waals surface area (Å²) in [6.45, 7) is 3.19. The van der Waals surface area contributed by atoms with Crippen LogP contribution >= 0.6 is 0 Å². The van der Waals surface area contributed by atoms with E-state index in [2.05, 4.69) is 6.58 Å². The molecule has 10 nitrogen and oxygen atoms in total. The van der Waals surface area contributed by atoms with E-state index < -0.39 is 61.2 Å². The molecule has 0 bridgehead atoms. The van der Waals surface area contributed by atoms with Crippen LogP contribution in [0, 0.1) is 0 Å². The third kappa shape index (κ3) is 8.57. The number of esters is 4. The summed E-state index contributed by atoms with van der Waals surface area (Å²) in [4.78, 5) is 53.2. The molecule has 0 N–H and O–H groups in total. The maximum Gasteiger partial charge on any atom is 0.338 e. The summed E-state index contributed by atoms with van der Waals surface area (Å²) >= 11 is 0. The second-order valence-electron chi connectivity index (χ2n) is 10.3. The van der Waals surface area contributed by atoms with Crippen molar-refractivity contribution in [1.82, 2.24) is 0 Å². The van der Waals surface area contributed by atoms with Crippen LogP contribution in [0.25, 0.3) is 0 Å². The zero-order valence-corrected chi connectivity index (χ0v) is 25.2. The molecule has 1 fully saturated rings. The van der Waals surface area contributed by atoms with Gasteiger partial charge < -0.3 is 28.4 Å². The molecule has 4 aromatic carbocycles. The first-order valence-electron chi connectivity index (χ1n) is 14.8. The Morgan fingerprint density at radius 3 is 1.36 bits per heavy atom. The van der Waals surface area contributed by atoms with Crippen molar-refractivity contribution in [2.45, 2.75) is 30.7 Å². The Bertz CT molecular complexity index is 1640. The zero-order valence-electron chi connectivity index (χ0n) is 25.2. The Kier molecular flexibility index (Phi) is 11.3. The molecular weight excluding hydrogens is 604 g/mol. The fourth-order valence-corrected chi connectivity index (χ4v) is 4.82. The van der Waals surface area contributed by atoms with Gasteiger partial charge in [-0.3, -0.25) is 0 Å². The number of hydrogen-bond donors (Lipinski definition) is 0. The average molecular weight is 637 g/mol. The van der Waals surface area contributed by atoms with Crippen LogP contribution in [-0.4, -0.2) is 67.8 Å². The van der Waals surface area contributed by atoms with Crippen LogP contribution in [0.4, 0.5) is 0 Å². The Morgan fingerprint density at radius 2 is 0.936 bits per heavy atom. The van der Waals surface area contributed by atoms with E-state index in [-0.39, 0.29) is 28.9 Å². The Labute approximate surface area is 271 Å². The smallest absolute Gasteiger partial charge is 0.338 e. The van der Waals surface area contributed by atoms with Gasteiger partial charge in [0.2, 0.25) is 0 Å². The van der Waals surface area contributed by atoms with E-state index in [0.717, 1.165) is 0 Å². The Hall–Kier alpha value is -5.58. The lowest BCUT2D eigenvalue weighted by Gasteiger charge is -2.44. The summed E-state index contributed by atoms with van der Waals surface area (Å²) in [5.41, 5.74) is 0.876. The SMILES string of the molecule is C=CCO[C@H]1O[C@H](COC(=O)c2ccccc2)[C@@H](OC(=O)c2ccccc2)[C@H](OC(=O)c2ccccc2)[C@@H]1OC(=O)c1ccccc1. The minimum Gasteiger partial charge on any atom is -0.459 e. The van der Waals surface area contributed by atoms with Crippen LogP contribution in [0.3, 0.4) is 0 Å². The highest BCUT2D eigenvalue weighted by molar-refractivity contribution is 5.91. The molecular formula is C37H32O10. The van der Waals surface area contributed by atoms with Gasteiger partial charge in [-0.1, -0.05) is 78.9 Å². The highest BCUT2D eigenvalue weighted by Gasteiger charge is 2.53. The molecule has 0 saturated carbocycles. The topological polar surface area (TPSA) is 124 Å². The third-order valence-corrected chi connectivity index (χ3v) is 7.12. The summed E-state index contributed by atoms with van der Waals surface area (Å²) in [5.74, 6) is -3.00. The molecule has 0 amide bonds. The molecule has 10 heteroatoms. The number of rotatable bonds is 12. The van der Waals surface area contributed by atoms with Crippen molar-refractivity contribution in [3.8, 4) is 0 Å². The number of carbonyl (C=O) groups excluding carboxylic acids is 4. The number of benzene rings is 4. The van der Waals surface area contributed by atoms with Crippen molar-refractivity contribution in [1.29, 1.82) is 0 Å². The quantitative estimate of drug-likeness (QED) is 0.113. The fraction of sp³-hybridized carbons (Fsp3) is 0.189. The second kappa shape index (κ2) is 16.1. The van der Waals surface area contributed by atoms with Gasteiger partial charge in [-0.15, -0.1) is 6.58 Å². The molecule has 0 aliphatic carbocycles. The summed E-state index contributed by atoms with van der Waals surface area (Å²) < 4.78 is 35.5. The van der Waals surface area contributed by atoms with Crippen LogP contribution < -0.4 is 0 Å². The molecule has 0 aromatic heterocycles. The number of carbonyl (C=O) groups is 4. The Balaban J connectivity index is 1.53. The van der Waals surface area contributed by atoms with Crippen LogP contribution in [0.2, 0.25) is 0 Å². The molecule has 5 rings (SSSR count). The summed E-state index contributed by atoms with van der Waals surface area (Å²) in [6.07, 6.45) is -5.49. The van der Waals surface area contributed by atoms with Crippen LogP contribution in [-0.2, 0) is 28.4 Å². The molecule has 4 aromatic rings. The Morgan fingerprint density at radius 1 is 0.553 bits per heavy atom. The zero-order chi connectivity index (χ0) is 33.0. The predicted octanol–water partition coefficient (Wildman–Crippen LogP) is 5.45. The van der Waals surface area contributed by atoms with Crippen molar-refractivity contribution in [2.24, 2.45) is 0 Å². The van der Waals surface area contributed by atoms with Crippen molar-refractivity contribution < 1.29 is 47.6 Å². The van der Waals surface area contributed by atoms with Gasteiger partial charge in [-0.25, -0.2) is 19.2 Å². The second-order valence-corrected chi connectivity index (χ2v) is 10.3. The van der Waals surface area contributed by atoms with E-state index in [1.54, 1.807) is 121 Å². The molecule has 240 valence electrons. The van der Waals surface area contributed by atoms with Crippen molar-refractivity contribution in [2.75, 3.05) is 13.2 Å². The fourth-order valence-electron chi connectivity index (χ4n) is 4.82. The summed E-state index contributed by atoms with van der Waals surface area (Å²) in [6, 6.07) is 32.7. The van der Waals surface area contributed by atoms with E-state index in [1.807, 2.05) is 0 Å². The molecule has 1 heterocycles. The van der Waals surface area contributed by atoms with E-state index in [4.69, 9.17) is 28.4 Å². The van der Waals surface area contributed by atoms with Gasteiger partial charge in [0.05, 0.1) is 28.9 Å². The van der Waals surface area contributed by atoms with Crippen molar-refractivity contribution in [3.63, 3.8) is 0 Å². The predicted molar refractivity (Wildman–Crippen MR) is 168 cm³/mol. The number of ether oxygens (including phenoxy) is 6. The van der Waals surface area contributed by atoms with Gasteiger partial charge in [0.15, 0.2) is 24.6 Å². The van der Waals surface area contributed by atoms with Crippen molar-refractivity contribution in [3.05, 3.63) is 156 Å². The minimum atomic E-state index is -1.48. The minimum absolute atomic E-state index is 0.0472. The first kappa shape index (κ1) is 32.8. The van der Waals surface area contributed by atoms with E-state index in [0.29, 0.717) is 0 Å². The average Bonchev–Trinajstić information content (AvgIpc) is 3.13. The lowest BCUT2D eigenvalue weighted by Crippen LogP contribution is -2.63. The molecule has 1 aliphatic rings. The lowest BCUT2D eigenvalue weighted by atomic mass is 9.97. The standard InChI is InChI=1S/C37H32O10/c1-2-23-42-37-32(47-36(41)28-21-13-6-14-22-28)31(46-35(40)27-19-11-5-12-20-27)30(45-34(39)26-17-9-4-10-18-26)29(44-37)24-43-33(38)25-15-7-3-8-16-25/h2-22,29-32,37H,1,23-24H2/t29-,30-,31+,32+,37+/m1/s1. The van der Waals surface area contributed by atoms with Gasteiger partial charge in [0.1, 0.15) is 12.7 Å². The van der Waals surface area contributed by atoms with Crippen LogP contribution in [0.1, 0.15) is 41.4 Å². The van der Waals surface area contributed by atoms with Gasteiger partial charge in [0, 0.05) is 0 Å². The lowest BCUT2D eigenvalue weighted by molar-refractivity contribution is -0.295. The van der Waals surface area contributed by atoms with Gasteiger partial charge in [-0.2, -0.15) is 0 Å². The molecule has 0 radical (unpaired) electrons. The third-order valence-electron chi connectivity index (χ3n) is 7.12. The number of hydrogen-bond acceptors (Lipinski definition) is 10. The van der Waals surface area contributed by atoms with E-state index >= 15 is 0 Å². The normalized spacial score (nSPS) is 20.3. The molecule has 0 spiro atoms. The first-order chi connectivity index (χ1) is 22.9. The molecule has 1 saturated heterocycles. The summed E-state index contributed by atoms with van der Waals surface area (Å²) in [5, 5.41) is 0. The maximum atomic E-state index is 13.5. The highest BCUT2D eigenvalue weighted by Crippen LogP contribution is 2.31. The van der Waals surface area contributed by atoms with Crippen LogP contribution in [0.15, 0.2) is 134 Å². The van der Waals surface area contributed by atoms with Gasteiger partial charge in [-0.05, 0) is 48.5 Å². The molecule has 47 heavy (non-hydrogen) atoms. The highest BCUT2D eigenvalue weighted by atomic mass is 16.7. The van der Waals surface area contributed by atoms with Crippen molar-refractivity contribution >= 4 is 23.9 Å². The van der Waals surface area contributed by atoms with Gasteiger partial charge >= 0.3 is 23.9 Å². The first-order valence-corrected chi connectivity index (χ1v) is 14.8. The van der Waals surface area contributed by atoms with E-state index in [1.165, 1.54) is 6.08 Å². The summed E-state index contributed by atoms with van der Waals surface area (Å²) in [7, 11) is 0. The molecule has 5 atom stereocenters. The molecule has 0 unspecified atom stereocenters. The maximum absolute atomic E-state index is 13.5.